The van der Waals surface area contributed by atoms with Crippen LogP contribution in [-0.2, 0) is 34.2 Å². The Bertz CT molecular complexity index is 1120. The molecule has 0 bridgehead atoms. The van der Waals surface area contributed by atoms with E-state index in [4.69, 9.17) is 0 Å². The second-order valence-electron chi connectivity index (χ2n) is 6.57. The van der Waals surface area contributed by atoms with Crippen molar-refractivity contribution in [1.82, 2.24) is 29.1 Å². The van der Waals surface area contributed by atoms with Crippen molar-refractivity contribution in [3.8, 4) is 34.0 Å². The number of pyridine rings is 2. The summed E-state index contributed by atoms with van der Waals surface area (Å²) in [6.07, 6.45) is 12.6. The van der Waals surface area contributed by atoms with E-state index in [1.165, 1.54) is 0 Å². The molecule has 0 unspecified atom stereocenters. The molecule has 0 saturated heterocycles. The maximum atomic E-state index is 4.30. The Hall–Kier alpha value is -3.41. The molecule has 32 heavy (non-hydrogen) atoms. The molecule has 4 heterocycles. The van der Waals surface area contributed by atoms with E-state index in [0.29, 0.717) is 0 Å². The Morgan fingerprint density at radius 3 is 1.81 bits per heavy atom. The number of aromatic nitrogens is 6. The van der Waals surface area contributed by atoms with Gasteiger partial charge >= 0.3 is 20.1 Å². The molecular weight excluding hydrogens is 577 g/mol. The van der Waals surface area contributed by atoms with Crippen molar-refractivity contribution in [2.45, 2.75) is 0 Å². The van der Waals surface area contributed by atoms with Crippen LogP contribution in [0.2, 0.25) is 0 Å². The van der Waals surface area contributed by atoms with Crippen molar-refractivity contribution in [2.75, 3.05) is 0 Å². The van der Waals surface area contributed by atoms with Crippen LogP contribution in [0.4, 0.5) is 0 Å². The van der Waals surface area contributed by atoms with Crippen molar-refractivity contribution >= 4 is 0 Å². The van der Waals surface area contributed by atoms with E-state index in [2.05, 4.69) is 32.1 Å². The molecule has 0 fully saturated rings. The van der Waals surface area contributed by atoms with E-state index in [0.717, 1.165) is 34.0 Å². The molecule has 7 heteroatoms. The summed E-state index contributed by atoms with van der Waals surface area (Å²) >= 11 is 0. The number of imidazole rings is 2. The number of nitrogens with zero attached hydrogens (tertiary/aromatic N) is 6. The van der Waals surface area contributed by atoms with Crippen molar-refractivity contribution in [3.63, 3.8) is 0 Å². The zero-order chi connectivity index (χ0) is 20.8. The first-order valence-corrected chi connectivity index (χ1v) is 9.43. The monoisotopic (exact) mass is 600 g/mol. The SMILES string of the molecule is Cn1ccnc1-c1[c-]c(-c2nccn2C)cnc1.[CH3-].[Ir+3].[c-]1ccccc1-c1ccccn1. The van der Waals surface area contributed by atoms with Crippen LogP contribution < -0.4 is 0 Å². The fraction of sp³-hybridized carbons (Fsp3) is 0.0800. The van der Waals surface area contributed by atoms with Gasteiger partial charge < -0.3 is 26.5 Å². The molecular formula is C25H23IrN6. The number of rotatable bonds is 3. The van der Waals surface area contributed by atoms with Gasteiger partial charge in [0.15, 0.2) is 0 Å². The first-order chi connectivity index (χ1) is 14.7. The Morgan fingerprint density at radius 2 is 1.34 bits per heavy atom. The van der Waals surface area contributed by atoms with Crippen LogP contribution >= 0.6 is 0 Å². The van der Waals surface area contributed by atoms with Gasteiger partial charge in [-0.1, -0.05) is 23.3 Å². The van der Waals surface area contributed by atoms with E-state index in [1.807, 2.05) is 78.1 Å². The van der Waals surface area contributed by atoms with Gasteiger partial charge in [0.2, 0.25) is 0 Å². The number of benzene rings is 1. The first kappa shape index (κ1) is 24.9. The minimum atomic E-state index is 0. The third-order valence-corrected chi connectivity index (χ3v) is 4.45. The van der Waals surface area contributed by atoms with Crippen molar-refractivity contribution in [1.29, 1.82) is 0 Å². The van der Waals surface area contributed by atoms with Crippen LogP contribution in [0.25, 0.3) is 34.0 Å². The normalized spacial score (nSPS) is 9.69. The van der Waals surface area contributed by atoms with E-state index >= 15 is 0 Å². The van der Waals surface area contributed by atoms with E-state index in [9.17, 15) is 0 Å². The van der Waals surface area contributed by atoms with Gasteiger partial charge in [0.1, 0.15) is 0 Å². The number of aryl methyl sites for hydroxylation is 2. The van der Waals surface area contributed by atoms with Crippen LogP contribution in [-0.4, -0.2) is 29.1 Å². The summed E-state index contributed by atoms with van der Waals surface area (Å²) in [5, 5.41) is 0. The van der Waals surface area contributed by atoms with Crippen LogP contribution in [0.1, 0.15) is 0 Å². The smallest absolute Gasteiger partial charge is 0.365 e. The molecule has 4 aromatic heterocycles. The van der Waals surface area contributed by atoms with Gasteiger partial charge in [-0.3, -0.25) is 9.97 Å². The maximum Gasteiger partial charge on any atom is 3.00 e. The second kappa shape index (κ2) is 11.8. The number of hydrogen-bond donors (Lipinski definition) is 0. The third kappa shape index (κ3) is 5.84. The van der Waals surface area contributed by atoms with Gasteiger partial charge in [0.25, 0.3) is 0 Å². The van der Waals surface area contributed by atoms with Crippen molar-refractivity contribution in [2.24, 2.45) is 14.1 Å². The molecule has 0 aliphatic carbocycles. The summed E-state index contributed by atoms with van der Waals surface area (Å²) < 4.78 is 3.88. The molecule has 0 aliphatic heterocycles. The molecule has 5 aromatic rings. The third-order valence-electron chi connectivity index (χ3n) is 4.45. The Balaban J connectivity index is 0.000000229. The van der Waals surface area contributed by atoms with Gasteiger partial charge in [0.05, 0.1) is 11.6 Å². The van der Waals surface area contributed by atoms with Gasteiger partial charge in [-0.2, -0.15) is 0 Å². The topological polar surface area (TPSA) is 61.4 Å². The van der Waals surface area contributed by atoms with Crippen LogP contribution in [0.3, 0.4) is 0 Å². The van der Waals surface area contributed by atoms with Gasteiger partial charge in [-0.05, 0) is 24.2 Å². The average Bonchev–Trinajstić information content (AvgIpc) is 3.43. The van der Waals surface area contributed by atoms with Crippen molar-refractivity contribution < 1.29 is 20.1 Å². The zero-order valence-corrected chi connectivity index (χ0v) is 20.5. The van der Waals surface area contributed by atoms with Crippen LogP contribution in [0.15, 0.2) is 85.8 Å². The van der Waals surface area contributed by atoms with E-state index < -0.39 is 0 Å². The first-order valence-electron chi connectivity index (χ1n) is 9.43. The zero-order valence-electron chi connectivity index (χ0n) is 18.1. The molecule has 0 N–H and O–H groups in total. The molecule has 0 atom stereocenters. The van der Waals surface area contributed by atoms with Gasteiger partial charge in [0, 0.05) is 45.1 Å². The Morgan fingerprint density at radius 1 is 0.719 bits per heavy atom. The summed E-state index contributed by atoms with van der Waals surface area (Å²) in [6, 6.07) is 20.1. The molecule has 0 saturated carbocycles. The molecule has 6 nitrogen and oxygen atoms in total. The number of hydrogen-bond acceptors (Lipinski definition) is 4. The summed E-state index contributed by atoms with van der Waals surface area (Å²) in [7, 11) is 3.90. The molecule has 0 spiro atoms. The summed E-state index contributed by atoms with van der Waals surface area (Å²) in [4.78, 5) is 17.0. The van der Waals surface area contributed by atoms with Gasteiger partial charge in [-0.15, -0.1) is 42.0 Å². The minimum Gasteiger partial charge on any atom is -0.365 e. The van der Waals surface area contributed by atoms with E-state index in [1.54, 1.807) is 31.0 Å². The molecule has 5 rings (SSSR count). The fourth-order valence-electron chi connectivity index (χ4n) is 2.95. The average molecular weight is 600 g/mol. The molecule has 162 valence electrons. The summed E-state index contributed by atoms with van der Waals surface area (Å²) in [5.74, 6) is 1.69. The van der Waals surface area contributed by atoms with Crippen LogP contribution in [0.5, 0.6) is 0 Å². The van der Waals surface area contributed by atoms with Crippen LogP contribution in [0, 0.1) is 19.6 Å². The summed E-state index contributed by atoms with van der Waals surface area (Å²) in [5.41, 5.74) is 3.74. The molecule has 1 aromatic carbocycles. The minimum absolute atomic E-state index is 0. The maximum absolute atomic E-state index is 4.30. The molecule has 0 radical (unpaired) electrons. The predicted molar refractivity (Wildman–Crippen MR) is 122 cm³/mol. The fourth-order valence-corrected chi connectivity index (χ4v) is 2.95. The quantitative estimate of drug-likeness (QED) is 0.283. The molecule has 0 amide bonds. The van der Waals surface area contributed by atoms with E-state index in [-0.39, 0.29) is 27.5 Å². The van der Waals surface area contributed by atoms with Gasteiger partial charge in [-0.25, -0.2) is 0 Å². The molecule has 0 aliphatic rings. The Labute approximate surface area is 202 Å². The summed E-state index contributed by atoms with van der Waals surface area (Å²) in [6.45, 7) is 0. The largest absolute Gasteiger partial charge is 3.00 e. The predicted octanol–water partition coefficient (Wildman–Crippen LogP) is 4.68. The standard InChI is InChI=1S/C13H12N5.C11H8N.CH3.Ir/c1-17-5-3-15-12(17)10-7-11(9-14-8-10)13-16-4-6-18(13)2;1-2-6-10(7-3-1)11-8-4-5-9-12-11;;/h3-6,8-9H,1-2H3;1-6,8-9H;1H3;/q3*-1;+3. The Kier molecular flexibility index (Phi) is 9.20. The van der Waals surface area contributed by atoms with Crippen molar-refractivity contribution in [3.05, 3.63) is 105 Å². The second-order valence-corrected chi connectivity index (χ2v) is 6.57.